The van der Waals surface area contributed by atoms with Crippen LogP contribution in [0.5, 0.6) is 0 Å². The molecule has 3 rings (SSSR count). The van der Waals surface area contributed by atoms with E-state index in [9.17, 15) is 0 Å². The molecule has 4 nitrogen and oxygen atoms in total. The highest BCUT2D eigenvalue weighted by Gasteiger charge is 2.56. The van der Waals surface area contributed by atoms with Crippen LogP contribution >= 0.6 is 0 Å². The normalized spacial score (nSPS) is 43.4. The highest BCUT2D eigenvalue weighted by atomic mass is 16.8. The minimum absolute atomic E-state index is 0.0776. The maximum absolute atomic E-state index is 8.84. The lowest BCUT2D eigenvalue weighted by Gasteiger charge is -2.26. The summed E-state index contributed by atoms with van der Waals surface area (Å²) in [5, 5.41) is 8.84. The first-order valence-corrected chi connectivity index (χ1v) is 6.82. The second-order valence-corrected chi connectivity index (χ2v) is 5.63. The molecule has 2 saturated carbocycles. The summed E-state index contributed by atoms with van der Waals surface area (Å²) < 4.78 is 18.1. The summed E-state index contributed by atoms with van der Waals surface area (Å²) in [5.74, 6) is 0.189. The van der Waals surface area contributed by atoms with Gasteiger partial charge in [-0.1, -0.05) is 6.92 Å². The predicted octanol–water partition coefficient (Wildman–Crippen LogP) is 1.46. The maximum atomic E-state index is 8.84. The van der Waals surface area contributed by atoms with E-state index in [1.807, 2.05) is 0 Å². The van der Waals surface area contributed by atoms with Gasteiger partial charge in [0.1, 0.15) is 6.10 Å². The standard InChI is InChI=1S/C13H22O4/c1-9-8-10(15-7-6-14)12-11(9)16-13(17-12)4-2-3-5-13/h9-12,14H,2-8H2,1H3/t9?,10-,11-,12+/m0/s1. The summed E-state index contributed by atoms with van der Waals surface area (Å²) >= 11 is 0. The number of aliphatic hydroxyl groups is 1. The van der Waals surface area contributed by atoms with Gasteiger partial charge in [0.25, 0.3) is 0 Å². The second-order valence-electron chi connectivity index (χ2n) is 5.63. The first-order valence-electron chi connectivity index (χ1n) is 6.82. The third kappa shape index (κ3) is 2.01. The van der Waals surface area contributed by atoms with Crippen molar-refractivity contribution in [2.45, 2.75) is 63.1 Å². The molecule has 4 heteroatoms. The maximum Gasteiger partial charge on any atom is 0.169 e. The number of ether oxygens (including phenoxy) is 3. The Balaban J connectivity index is 1.68. The molecule has 2 aliphatic carbocycles. The molecule has 1 N–H and O–H groups in total. The van der Waals surface area contributed by atoms with E-state index in [-0.39, 0.29) is 30.7 Å². The van der Waals surface area contributed by atoms with Crippen LogP contribution in [-0.4, -0.2) is 42.4 Å². The first-order chi connectivity index (χ1) is 8.24. The van der Waals surface area contributed by atoms with Gasteiger partial charge in [-0.2, -0.15) is 0 Å². The Morgan fingerprint density at radius 3 is 2.65 bits per heavy atom. The summed E-state index contributed by atoms with van der Waals surface area (Å²) in [6.45, 7) is 2.68. The summed E-state index contributed by atoms with van der Waals surface area (Å²) in [7, 11) is 0. The van der Waals surface area contributed by atoms with E-state index in [1.165, 1.54) is 12.8 Å². The lowest BCUT2D eigenvalue weighted by Crippen LogP contribution is -2.32. The molecule has 1 saturated heterocycles. The fraction of sp³-hybridized carbons (Fsp3) is 1.00. The molecule has 0 bridgehead atoms. The Labute approximate surface area is 102 Å². The molecule has 1 aliphatic heterocycles. The second kappa shape index (κ2) is 4.50. The Hall–Kier alpha value is -0.160. The quantitative estimate of drug-likeness (QED) is 0.814. The summed E-state index contributed by atoms with van der Waals surface area (Å²) in [5.41, 5.74) is 0. The lowest BCUT2D eigenvalue weighted by atomic mass is 10.1. The number of hydrogen-bond donors (Lipinski definition) is 1. The van der Waals surface area contributed by atoms with Crippen molar-refractivity contribution in [2.24, 2.45) is 5.92 Å². The van der Waals surface area contributed by atoms with Gasteiger partial charge in [0.15, 0.2) is 5.79 Å². The van der Waals surface area contributed by atoms with Gasteiger partial charge in [-0.05, 0) is 25.2 Å². The molecule has 0 amide bonds. The van der Waals surface area contributed by atoms with Crippen LogP contribution in [0.1, 0.15) is 39.0 Å². The van der Waals surface area contributed by atoms with E-state index in [4.69, 9.17) is 19.3 Å². The molecule has 3 fully saturated rings. The van der Waals surface area contributed by atoms with Gasteiger partial charge in [-0.15, -0.1) is 0 Å². The molecule has 0 aromatic heterocycles. The Morgan fingerprint density at radius 1 is 1.24 bits per heavy atom. The van der Waals surface area contributed by atoms with Crippen LogP contribution in [0.15, 0.2) is 0 Å². The summed E-state index contributed by atoms with van der Waals surface area (Å²) in [6, 6.07) is 0. The average Bonchev–Trinajstić information content (AvgIpc) is 2.98. The molecule has 17 heavy (non-hydrogen) atoms. The zero-order chi connectivity index (χ0) is 11.9. The lowest BCUT2D eigenvalue weighted by molar-refractivity contribution is -0.190. The first kappa shape index (κ1) is 11.9. The number of aliphatic hydroxyl groups excluding tert-OH is 1. The van der Waals surface area contributed by atoms with Crippen molar-refractivity contribution in [1.82, 2.24) is 0 Å². The zero-order valence-electron chi connectivity index (χ0n) is 10.4. The molecular weight excluding hydrogens is 220 g/mol. The Morgan fingerprint density at radius 2 is 1.94 bits per heavy atom. The monoisotopic (exact) mass is 242 g/mol. The third-order valence-electron chi connectivity index (χ3n) is 4.35. The molecule has 3 aliphatic rings. The van der Waals surface area contributed by atoms with Gasteiger partial charge >= 0.3 is 0 Å². The number of rotatable bonds is 3. The van der Waals surface area contributed by atoms with Crippen molar-refractivity contribution in [3.8, 4) is 0 Å². The van der Waals surface area contributed by atoms with Crippen LogP contribution in [-0.2, 0) is 14.2 Å². The van der Waals surface area contributed by atoms with Crippen LogP contribution in [0.2, 0.25) is 0 Å². The molecule has 1 unspecified atom stereocenters. The average molecular weight is 242 g/mol. The molecule has 98 valence electrons. The molecule has 1 spiro atoms. The molecule has 4 atom stereocenters. The van der Waals surface area contributed by atoms with E-state index in [0.717, 1.165) is 19.3 Å². The fourth-order valence-electron chi connectivity index (χ4n) is 3.54. The fourth-order valence-corrected chi connectivity index (χ4v) is 3.54. The number of fused-ring (bicyclic) bond motifs is 1. The van der Waals surface area contributed by atoms with Crippen molar-refractivity contribution < 1.29 is 19.3 Å². The molecule has 0 radical (unpaired) electrons. The van der Waals surface area contributed by atoms with Gasteiger partial charge in [-0.3, -0.25) is 0 Å². The van der Waals surface area contributed by atoms with Crippen LogP contribution in [0.4, 0.5) is 0 Å². The minimum Gasteiger partial charge on any atom is -0.394 e. The molecular formula is C13H22O4. The highest BCUT2D eigenvalue weighted by Crippen LogP contribution is 2.48. The van der Waals surface area contributed by atoms with Gasteiger partial charge < -0.3 is 19.3 Å². The SMILES string of the molecule is CC1C[C@H](OCCO)[C@H]2OC3(CCCC3)O[C@@H]12. The number of hydrogen-bond acceptors (Lipinski definition) is 4. The minimum atomic E-state index is -0.301. The van der Waals surface area contributed by atoms with E-state index < -0.39 is 0 Å². The van der Waals surface area contributed by atoms with Crippen LogP contribution in [0.3, 0.4) is 0 Å². The topological polar surface area (TPSA) is 47.9 Å². The Kier molecular flexibility index (Phi) is 3.15. The third-order valence-corrected chi connectivity index (χ3v) is 4.35. The highest BCUT2D eigenvalue weighted by molar-refractivity contribution is 5.00. The predicted molar refractivity (Wildman–Crippen MR) is 61.6 cm³/mol. The van der Waals surface area contributed by atoms with Crippen molar-refractivity contribution in [3.63, 3.8) is 0 Å². The van der Waals surface area contributed by atoms with Crippen molar-refractivity contribution in [1.29, 1.82) is 0 Å². The largest absolute Gasteiger partial charge is 0.394 e. The Bertz CT molecular complexity index is 275. The van der Waals surface area contributed by atoms with E-state index in [1.54, 1.807) is 0 Å². The smallest absolute Gasteiger partial charge is 0.169 e. The van der Waals surface area contributed by atoms with Gasteiger partial charge in [0.05, 0.1) is 25.4 Å². The molecule has 0 aromatic carbocycles. The molecule has 0 aromatic rings. The van der Waals surface area contributed by atoms with E-state index in [2.05, 4.69) is 6.92 Å². The van der Waals surface area contributed by atoms with Crippen LogP contribution < -0.4 is 0 Å². The van der Waals surface area contributed by atoms with Crippen molar-refractivity contribution in [2.75, 3.05) is 13.2 Å². The van der Waals surface area contributed by atoms with E-state index >= 15 is 0 Å². The summed E-state index contributed by atoms with van der Waals surface area (Å²) in [6.07, 6.45) is 5.81. The molecule has 1 heterocycles. The van der Waals surface area contributed by atoms with Gasteiger partial charge in [-0.25, -0.2) is 0 Å². The zero-order valence-corrected chi connectivity index (χ0v) is 10.4. The van der Waals surface area contributed by atoms with Crippen molar-refractivity contribution >= 4 is 0 Å². The van der Waals surface area contributed by atoms with Gasteiger partial charge in [0, 0.05) is 12.8 Å². The van der Waals surface area contributed by atoms with E-state index in [0.29, 0.717) is 12.5 Å². The van der Waals surface area contributed by atoms with Crippen molar-refractivity contribution in [3.05, 3.63) is 0 Å². The van der Waals surface area contributed by atoms with Crippen LogP contribution in [0.25, 0.3) is 0 Å². The van der Waals surface area contributed by atoms with Gasteiger partial charge in [0.2, 0.25) is 0 Å². The van der Waals surface area contributed by atoms with Crippen LogP contribution in [0, 0.1) is 5.92 Å². The summed E-state index contributed by atoms with van der Waals surface area (Å²) in [4.78, 5) is 0.